The molecule has 1 saturated carbocycles. The van der Waals surface area contributed by atoms with E-state index in [1.807, 2.05) is 6.92 Å². The minimum Gasteiger partial charge on any atom is -0.380 e. The van der Waals surface area contributed by atoms with Crippen LogP contribution in [0.2, 0.25) is 0 Å². The zero-order valence-electron chi connectivity index (χ0n) is 12.4. The molecule has 4 atom stereocenters. The third-order valence-corrected chi connectivity index (χ3v) is 4.66. The largest absolute Gasteiger partial charge is 0.380 e. The summed E-state index contributed by atoms with van der Waals surface area (Å²) >= 11 is 0. The lowest BCUT2D eigenvalue weighted by atomic mass is 9.93. The maximum atomic E-state index is 12.4. The molecule has 19 heavy (non-hydrogen) atoms. The molecule has 2 fully saturated rings. The number of hydrogen-bond acceptors (Lipinski definition) is 3. The number of ether oxygens (including phenoxy) is 1. The predicted octanol–water partition coefficient (Wildman–Crippen LogP) is 1.55. The molecule has 0 aromatic rings. The lowest BCUT2D eigenvalue weighted by Crippen LogP contribution is -2.50. The maximum absolute atomic E-state index is 12.4. The molecule has 0 aromatic heterocycles. The molecule has 110 valence electrons. The van der Waals surface area contributed by atoms with Crippen LogP contribution < -0.4 is 10.6 Å². The number of carbonyl (C=O) groups is 1. The van der Waals surface area contributed by atoms with Gasteiger partial charge in [-0.3, -0.25) is 4.79 Å². The number of rotatable bonds is 6. The van der Waals surface area contributed by atoms with Crippen molar-refractivity contribution in [3.05, 3.63) is 0 Å². The van der Waals surface area contributed by atoms with Gasteiger partial charge in [0.25, 0.3) is 0 Å². The molecule has 0 aromatic carbocycles. The smallest absolute Gasteiger partial charge is 0.237 e. The van der Waals surface area contributed by atoms with Crippen LogP contribution in [0.4, 0.5) is 0 Å². The minimum atomic E-state index is 0.0235. The fourth-order valence-corrected chi connectivity index (χ4v) is 3.39. The molecule has 2 N–H and O–H groups in total. The van der Waals surface area contributed by atoms with Crippen LogP contribution in [0.1, 0.15) is 40.0 Å². The van der Waals surface area contributed by atoms with Crippen molar-refractivity contribution >= 4 is 5.91 Å². The molecule has 4 heteroatoms. The average molecular weight is 268 g/mol. The van der Waals surface area contributed by atoms with E-state index in [4.69, 9.17) is 4.74 Å². The summed E-state index contributed by atoms with van der Waals surface area (Å²) < 4.78 is 5.47. The van der Waals surface area contributed by atoms with Crippen molar-refractivity contribution in [2.24, 2.45) is 17.8 Å². The van der Waals surface area contributed by atoms with E-state index in [2.05, 4.69) is 24.5 Å². The molecule has 4 nitrogen and oxygen atoms in total. The lowest BCUT2D eigenvalue weighted by molar-refractivity contribution is -0.125. The zero-order valence-corrected chi connectivity index (χ0v) is 12.4. The van der Waals surface area contributed by atoms with Crippen molar-refractivity contribution in [2.75, 3.05) is 19.8 Å². The van der Waals surface area contributed by atoms with Crippen LogP contribution >= 0.6 is 0 Å². The van der Waals surface area contributed by atoms with Crippen molar-refractivity contribution in [3.8, 4) is 0 Å². The number of carbonyl (C=O) groups excluding carboxylic acids is 1. The van der Waals surface area contributed by atoms with Gasteiger partial charge in [-0.25, -0.2) is 0 Å². The summed E-state index contributed by atoms with van der Waals surface area (Å²) in [5, 5.41) is 6.59. The van der Waals surface area contributed by atoms with Crippen molar-refractivity contribution in [2.45, 2.75) is 52.1 Å². The van der Waals surface area contributed by atoms with Gasteiger partial charge in [-0.2, -0.15) is 0 Å². The fourth-order valence-electron chi connectivity index (χ4n) is 3.39. The Morgan fingerprint density at radius 3 is 2.89 bits per heavy atom. The summed E-state index contributed by atoms with van der Waals surface area (Å²) in [4.78, 5) is 12.4. The third kappa shape index (κ3) is 3.48. The summed E-state index contributed by atoms with van der Waals surface area (Å²) in [6.45, 7) is 8.57. The summed E-state index contributed by atoms with van der Waals surface area (Å²) in [6, 6.07) is 0.144. The Bertz CT molecular complexity index is 307. The standard InChI is InChI=1S/C15H28N2O2/c1-4-19-9-13(10(2)3)17-15(18)14-12-7-5-6-11(12)8-16-14/h10-14,16H,4-9H2,1-3H3,(H,17,18). The van der Waals surface area contributed by atoms with Gasteiger partial charge in [-0.1, -0.05) is 20.3 Å². The first-order chi connectivity index (χ1) is 9.13. The predicted molar refractivity (Wildman–Crippen MR) is 75.9 cm³/mol. The van der Waals surface area contributed by atoms with Crippen LogP contribution in [-0.2, 0) is 9.53 Å². The quantitative estimate of drug-likeness (QED) is 0.768. The Labute approximate surface area is 116 Å². The lowest BCUT2D eigenvalue weighted by Gasteiger charge is -2.25. The molecule has 0 spiro atoms. The number of fused-ring (bicyclic) bond motifs is 1. The molecule has 2 rings (SSSR count). The molecule has 1 amide bonds. The van der Waals surface area contributed by atoms with E-state index in [0.717, 1.165) is 12.5 Å². The van der Waals surface area contributed by atoms with Gasteiger partial charge in [-0.15, -0.1) is 0 Å². The van der Waals surface area contributed by atoms with E-state index in [1.165, 1.54) is 19.3 Å². The van der Waals surface area contributed by atoms with E-state index in [9.17, 15) is 4.79 Å². The normalized spacial score (nSPS) is 31.5. The van der Waals surface area contributed by atoms with Gasteiger partial charge >= 0.3 is 0 Å². The van der Waals surface area contributed by atoms with Gasteiger partial charge in [0.15, 0.2) is 0 Å². The van der Waals surface area contributed by atoms with Crippen LogP contribution in [0.15, 0.2) is 0 Å². The van der Waals surface area contributed by atoms with E-state index in [-0.39, 0.29) is 18.0 Å². The van der Waals surface area contributed by atoms with Crippen LogP contribution in [-0.4, -0.2) is 37.7 Å². The van der Waals surface area contributed by atoms with Crippen LogP contribution in [0.5, 0.6) is 0 Å². The van der Waals surface area contributed by atoms with Gasteiger partial charge in [0.1, 0.15) is 0 Å². The summed E-state index contributed by atoms with van der Waals surface area (Å²) in [5.74, 6) is 1.85. The Balaban J connectivity index is 1.88. The Kier molecular flexibility index (Phi) is 5.22. The first-order valence-electron chi connectivity index (χ1n) is 7.75. The summed E-state index contributed by atoms with van der Waals surface area (Å²) in [7, 11) is 0. The average Bonchev–Trinajstić information content (AvgIpc) is 2.95. The Hall–Kier alpha value is -0.610. The molecule has 0 radical (unpaired) electrons. The van der Waals surface area contributed by atoms with Crippen molar-refractivity contribution < 1.29 is 9.53 Å². The van der Waals surface area contributed by atoms with Crippen molar-refractivity contribution in [1.82, 2.24) is 10.6 Å². The van der Waals surface area contributed by atoms with Gasteiger partial charge < -0.3 is 15.4 Å². The van der Waals surface area contributed by atoms with Crippen LogP contribution in [0.25, 0.3) is 0 Å². The maximum Gasteiger partial charge on any atom is 0.237 e. The van der Waals surface area contributed by atoms with E-state index in [1.54, 1.807) is 0 Å². The summed E-state index contributed by atoms with van der Waals surface area (Å²) in [6.07, 6.45) is 3.77. The molecular weight excluding hydrogens is 240 g/mol. The highest BCUT2D eigenvalue weighted by molar-refractivity contribution is 5.83. The van der Waals surface area contributed by atoms with Gasteiger partial charge in [0.2, 0.25) is 5.91 Å². The number of amides is 1. The second-order valence-electron chi connectivity index (χ2n) is 6.26. The Morgan fingerprint density at radius 2 is 2.21 bits per heavy atom. The molecule has 1 aliphatic heterocycles. The second-order valence-corrected chi connectivity index (χ2v) is 6.26. The summed E-state index contributed by atoms with van der Waals surface area (Å²) in [5.41, 5.74) is 0. The molecule has 1 heterocycles. The molecular formula is C15H28N2O2. The minimum absolute atomic E-state index is 0.0235. The van der Waals surface area contributed by atoms with E-state index >= 15 is 0 Å². The molecule has 1 saturated heterocycles. The van der Waals surface area contributed by atoms with Crippen LogP contribution in [0.3, 0.4) is 0 Å². The zero-order chi connectivity index (χ0) is 13.8. The van der Waals surface area contributed by atoms with Crippen molar-refractivity contribution in [3.63, 3.8) is 0 Å². The monoisotopic (exact) mass is 268 g/mol. The highest BCUT2D eigenvalue weighted by Gasteiger charge is 2.42. The fraction of sp³-hybridized carbons (Fsp3) is 0.933. The molecule has 1 aliphatic carbocycles. The molecule has 4 unspecified atom stereocenters. The first kappa shape index (κ1) is 14.8. The highest BCUT2D eigenvalue weighted by atomic mass is 16.5. The van der Waals surface area contributed by atoms with Crippen molar-refractivity contribution in [1.29, 1.82) is 0 Å². The first-order valence-corrected chi connectivity index (χ1v) is 7.75. The van der Waals surface area contributed by atoms with Crippen LogP contribution in [0, 0.1) is 17.8 Å². The number of nitrogens with one attached hydrogen (secondary N) is 2. The second kappa shape index (κ2) is 6.71. The third-order valence-electron chi connectivity index (χ3n) is 4.66. The Morgan fingerprint density at radius 1 is 1.42 bits per heavy atom. The van der Waals surface area contributed by atoms with E-state index in [0.29, 0.717) is 25.0 Å². The van der Waals surface area contributed by atoms with Gasteiger partial charge in [-0.05, 0) is 44.1 Å². The SMILES string of the molecule is CCOCC(NC(=O)C1NCC2CCCC21)C(C)C. The van der Waals surface area contributed by atoms with Gasteiger partial charge in [0, 0.05) is 6.61 Å². The topological polar surface area (TPSA) is 50.4 Å². The molecule has 0 bridgehead atoms. The number of hydrogen-bond donors (Lipinski definition) is 2. The highest BCUT2D eigenvalue weighted by Crippen LogP contribution is 2.37. The van der Waals surface area contributed by atoms with E-state index < -0.39 is 0 Å². The van der Waals surface area contributed by atoms with Gasteiger partial charge in [0.05, 0.1) is 18.7 Å². The molecule has 2 aliphatic rings.